The van der Waals surface area contributed by atoms with Crippen molar-refractivity contribution < 1.29 is 10.0 Å². The highest BCUT2D eigenvalue weighted by Gasteiger charge is 2.47. The average molecular weight is 440 g/mol. The van der Waals surface area contributed by atoms with Gasteiger partial charge in [0.05, 0.1) is 5.41 Å². The first-order chi connectivity index (χ1) is 16.7. The molecule has 4 aromatic carbocycles. The second-order valence-electron chi connectivity index (χ2n) is 9.03. The molecule has 1 atom stereocenters. The lowest BCUT2D eigenvalue weighted by atomic mass is 9.66. The fourth-order valence-corrected chi connectivity index (χ4v) is 5.81. The summed E-state index contributed by atoms with van der Waals surface area (Å²) in [5, 5.41) is 20.6. The largest absolute Gasteiger partial charge is 0.489 e. The molecule has 0 amide bonds. The quantitative estimate of drug-likeness (QED) is 0.364. The summed E-state index contributed by atoms with van der Waals surface area (Å²) in [5.74, 6) is 0. The molecule has 0 aromatic heterocycles. The lowest BCUT2D eigenvalue weighted by Crippen LogP contribution is -2.33. The highest BCUT2D eigenvalue weighted by molar-refractivity contribution is 6.60. The Labute approximate surface area is 200 Å². The highest BCUT2D eigenvalue weighted by atomic mass is 16.4. The Morgan fingerprint density at radius 2 is 1.41 bits per heavy atom. The maximum absolute atomic E-state index is 10.3. The minimum atomic E-state index is -1.54. The van der Waals surface area contributed by atoms with Gasteiger partial charge in [-0.15, -0.1) is 0 Å². The first-order valence-corrected chi connectivity index (χ1v) is 11.8. The summed E-state index contributed by atoms with van der Waals surface area (Å²) >= 11 is 0. The minimum absolute atomic E-state index is 0.539. The Balaban J connectivity index is 1.72. The van der Waals surface area contributed by atoms with E-state index in [0.717, 1.165) is 40.7 Å². The molecule has 0 spiro atoms. The first kappa shape index (κ1) is 20.9. The molecular formula is C31H25BO2. The molecule has 164 valence electrons. The Bertz CT molecular complexity index is 1440. The smallest absolute Gasteiger partial charge is 0.423 e. The van der Waals surface area contributed by atoms with E-state index in [0.29, 0.717) is 5.46 Å². The molecule has 0 heterocycles. The molecule has 2 nitrogen and oxygen atoms in total. The van der Waals surface area contributed by atoms with Gasteiger partial charge in [-0.1, -0.05) is 109 Å². The van der Waals surface area contributed by atoms with Crippen LogP contribution in [0.2, 0.25) is 0 Å². The van der Waals surface area contributed by atoms with Crippen molar-refractivity contribution in [1.82, 2.24) is 0 Å². The molecule has 4 aromatic rings. The summed E-state index contributed by atoms with van der Waals surface area (Å²) < 4.78 is 0. The Morgan fingerprint density at radius 1 is 0.676 bits per heavy atom. The van der Waals surface area contributed by atoms with Crippen molar-refractivity contribution in [3.8, 4) is 11.1 Å². The van der Waals surface area contributed by atoms with Crippen LogP contribution >= 0.6 is 0 Å². The lowest BCUT2D eigenvalue weighted by Gasteiger charge is -2.34. The van der Waals surface area contributed by atoms with Gasteiger partial charge in [-0.3, -0.25) is 0 Å². The van der Waals surface area contributed by atoms with Crippen molar-refractivity contribution in [2.75, 3.05) is 0 Å². The SMILES string of the molecule is OB(O)c1cccc2c1-c1ccccc1C2(c1ccccc1)c1cccc(C2=CCCC=C2)c1. The van der Waals surface area contributed by atoms with Gasteiger partial charge in [0.2, 0.25) is 0 Å². The molecular weight excluding hydrogens is 415 g/mol. The van der Waals surface area contributed by atoms with Crippen LogP contribution in [0.3, 0.4) is 0 Å². The summed E-state index contributed by atoms with van der Waals surface area (Å²) in [6, 6.07) is 33.7. The Hall–Kier alpha value is -3.66. The molecule has 0 fully saturated rings. The van der Waals surface area contributed by atoms with E-state index in [4.69, 9.17) is 0 Å². The summed E-state index contributed by atoms with van der Waals surface area (Å²) in [5.41, 5.74) is 8.97. The van der Waals surface area contributed by atoms with Gasteiger partial charge >= 0.3 is 7.12 Å². The van der Waals surface area contributed by atoms with E-state index >= 15 is 0 Å². The Kier molecular flexibility index (Phi) is 5.10. The van der Waals surface area contributed by atoms with E-state index in [1.165, 1.54) is 16.7 Å². The minimum Gasteiger partial charge on any atom is -0.423 e. The van der Waals surface area contributed by atoms with Crippen molar-refractivity contribution in [3.05, 3.63) is 143 Å². The van der Waals surface area contributed by atoms with Crippen LogP contribution in [0.5, 0.6) is 0 Å². The van der Waals surface area contributed by atoms with E-state index < -0.39 is 12.5 Å². The van der Waals surface area contributed by atoms with Crippen LogP contribution in [0.15, 0.2) is 115 Å². The van der Waals surface area contributed by atoms with Gasteiger partial charge in [0.15, 0.2) is 0 Å². The van der Waals surface area contributed by atoms with E-state index in [1.807, 2.05) is 24.3 Å². The van der Waals surface area contributed by atoms with Crippen molar-refractivity contribution in [2.24, 2.45) is 0 Å². The second kappa shape index (κ2) is 8.29. The van der Waals surface area contributed by atoms with Crippen LogP contribution in [0.4, 0.5) is 0 Å². The Morgan fingerprint density at radius 3 is 2.21 bits per heavy atom. The fourth-order valence-electron chi connectivity index (χ4n) is 5.81. The van der Waals surface area contributed by atoms with Crippen LogP contribution in [-0.2, 0) is 5.41 Å². The first-order valence-electron chi connectivity index (χ1n) is 11.8. The molecule has 2 aliphatic carbocycles. The van der Waals surface area contributed by atoms with Crippen molar-refractivity contribution in [3.63, 3.8) is 0 Å². The third-order valence-corrected chi connectivity index (χ3v) is 7.21. The third-order valence-electron chi connectivity index (χ3n) is 7.21. The molecule has 2 aliphatic rings. The predicted octanol–water partition coefficient (Wildman–Crippen LogP) is 5.46. The second-order valence-corrected chi connectivity index (χ2v) is 9.03. The van der Waals surface area contributed by atoms with Gasteiger partial charge in [-0.2, -0.15) is 0 Å². The van der Waals surface area contributed by atoms with Crippen LogP contribution in [-0.4, -0.2) is 17.2 Å². The van der Waals surface area contributed by atoms with E-state index in [1.54, 1.807) is 0 Å². The number of hydrogen-bond acceptors (Lipinski definition) is 2. The molecule has 0 aliphatic heterocycles. The summed E-state index contributed by atoms with van der Waals surface area (Å²) in [4.78, 5) is 0. The monoisotopic (exact) mass is 440 g/mol. The molecule has 0 bridgehead atoms. The van der Waals surface area contributed by atoms with Crippen LogP contribution < -0.4 is 5.46 Å². The van der Waals surface area contributed by atoms with Crippen LogP contribution in [0.25, 0.3) is 16.7 Å². The van der Waals surface area contributed by atoms with Gasteiger partial charge in [-0.25, -0.2) is 0 Å². The molecule has 34 heavy (non-hydrogen) atoms. The van der Waals surface area contributed by atoms with Crippen molar-refractivity contribution in [2.45, 2.75) is 18.3 Å². The molecule has 0 radical (unpaired) electrons. The van der Waals surface area contributed by atoms with Gasteiger partial charge in [0.1, 0.15) is 0 Å². The lowest BCUT2D eigenvalue weighted by molar-refractivity contribution is 0.426. The molecule has 0 saturated carbocycles. The molecule has 0 saturated heterocycles. The normalized spacial score (nSPS) is 18.2. The third kappa shape index (κ3) is 3.05. The van der Waals surface area contributed by atoms with Gasteiger partial charge in [0.25, 0.3) is 0 Å². The van der Waals surface area contributed by atoms with Crippen molar-refractivity contribution >= 4 is 18.2 Å². The summed E-state index contributed by atoms with van der Waals surface area (Å²) in [7, 11) is -1.54. The number of rotatable bonds is 4. The van der Waals surface area contributed by atoms with Crippen molar-refractivity contribution in [1.29, 1.82) is 0 Å². The molecule has 6 rings (SSSR count). The molecule has 1 unspecified atom stereocenters. The van der Waals surface area contributed by atoms with E-state index in [-0.39, 0.29) is 0 Å². The van der Waals surface area contributed by atoms with Gasteiger partial charge in [0, 0.05) is 0 Å². The fraction of sp³-hybridized carbons (Fsp3) is 0.0968. The maximum atomic E-state index is 10.3. The van der Waals surface area contributed by atoms with Gasteiger partial charge in [-0.05, 0) is 68.9 Å². The van der Waals surface area contributed by atoms with Gasteiger partial charge < -0.3 is 10.0 Å². The predicted molar refractivity (Wildman–Crippen MR) is 140 cm³/mol. The van der Waals surface area contributed by atoms with Crippen LogP contribution in [0, 0.1) is 0 Å². The highest BCUT2D eigenvalue weighted by Crippen LogP contribution is 2.55. The van der Waals surface area contributed by atoms with Crippen LogP contribution in [0.1, 0.15) is 40.7 Å². The maximum Gasteiger partial charge on any atom is 0.489 e. The molecule has 2 N–H and O–H groups in total. The standard InChI is InChI=1S/C31H25BO2/c33-32(34)29-20-10-19-28-30(29)26-17-7-8-18-27(26)31(28,24-14-5-2-6-15-24)25-16-9-13-23(21-25)22-11-3-1-4-12-22/h2-3,5-21,33-34H,1,4H2. The summed E-state index contributed by atoms with van der Waals surface area (Å²) in [6.45, 7) is 0. The number of hydrogen-bond donors (Lipinski definition) is 2. The number of benzene rings is 4. The zero-order valence-electron chi connectivity index (χ0n) is 18.9. The summed E-state index contributed by atoms with van der Waals surface area (Å²) in [6.07, 6.45) is 8.91. The zero-order valence-corrected chi connectivity index (χ0v) is 18.9. The van der Waals surface area contributed by atoms with E-state index in [9.17, 15) is 10.0 Å². The topological polar surface area (TPSA) is 40.5 Å². The number of allylic oxidation sites excluding steroid dienone is 4. The van der Waals surface area contributed by atoms with E-state index in [2.05, 4.69) is 91.0 Å². The molecule has 3 heteroatoms. The number of fused-ring (bicyclic) bond motifs is 3. The average Bonchev–Trinajstić information content (AvgIpc) is 3.21. The zero-order chi connectivity index (χ0) is 23.1.